The number of anilines is 1. The van der Waals surface area contributed by atoms with E-state index in [0.717, 1.165) is 0 Å². The molecular formula is C15H16N2O2. The smallest absolute Gasteiger partial charge is 0.325 e. The summed E-state index contributed by atoms with van der Waals surface area (Å²) in [6, 6.07) is 7.89. The maximum atomic E-state index is 12.4. The largest absolute Gasteiger partial charge is 0.329 e. The van der Waals surface area contributed by atoms with E-state index in [4.69, 9.17) is 6.42 Å². The molecule has 3 amide bonds. The molecular weight excluding hydrogens is 240 g/mol. The Hall–Kier alpha value is -2.28. The van der Waals surface area contributed by atoms with Crippen molar-refractivity contribution in [3.05, 3.63) is 30.3 Å². The summed E-state index contributed by atoms with van der Waals surface area (Å²) < 4.78 is 0. The predicted molar refractivity (Wildman–Crippen MR) is 73.5 cm³/mol. The number of terminal acetylenes is 1. The molecule has 4 heteroatoms. The van der Waals surface area contributed by atoms with Gasteiger partial charge in [-0.05, 0) is 12.1 Å². The number of para-hydroxylation sites is 1. The number of amides is 3. The summed E-state index contributed by atoms with van der Waals surface area (Å²) in [5.41, 5.74) is 0.106. The fraction of sp³-hybridized carbons (Fsp3) is 0.333. The van der Waals surface area contributed by atoms with Gasteiger partial charge in [-0.15, -0.1) is 12.3 Å². The van der Waals surface area contributed by atoms with E-state index in [2.05, 4.69) is 11.2 Å². The van der Waals surface area contributed by atoms with Crippen LogP contribution in [0.15, 0.2) is 30.3 Å². The number of rotatable bonds is 3. The van der Waals surface area contributed by atoms with Gasteiger partial charge in [0.1, 0.15) is 6.04 Å². The summed E-state index contributed by atoms with van der Waals surface area (Å²) in [5, 5.41) is 2.72. The first-order chi connectivity index (χ1) is 8.97. The molecule has 1 N–H and O–H groups in total. The minimum Gasteiger partial charge on any atom is -0.325 e. The molecule has 1 aliphatic heterocycles. The fourth-order valence-electron chi connectivity index (χ4n) is 2.20. The summed E-state index contributed by atoms with van der Waals surface area (Å²) in [7, 11) is 0. The third kappa shape index (κ3) is 2.32. The quantitative estimate of drug-likeness (QED) is 0.665. The molecule has 0 saturated carbocycles. The lowest BCUT2D eigenvalue weighted by Crippen LogP contribution is -2.43. The zero-order valence-electron chi connectivity index (χ0n) is 11.0. The Morgan fingerprint density at radius 3 is 2.53 bits per heavy atom. The number of nitrogens with one attached hydrogen (secondary N) is 1. The maximum Gasteiger partial charge on any atom is 0.329 e. The van der Waals surface area contributed by atoms with E-state index in [1.54, 1.807) is 24.3 Å². The van der Waals surface area contributed by atoms with Crippen molar-refractivity contribution in [3.8, 4) is 12.3 Å². The van der Waals surface area contributed by atoms with Gasteiger partial charge in [0.2, 0.25) is 0 Å². The first-order valence-corrected chi connectivity index (χ1v) is 6.10. The van der Waals surface area contributed by atoms with Crippen LogP contribution in [0.2, 0.25) is 0 Å². The number of hydrogen-bond donors (Lipinski definition) is 1. The van der Waals surface area contributed by atoms with Crippen molar-refractivity contribution in [1.82, 2.24) is 5.32 Å². The predicted octanol–water partition coefficient (Wildman–Crippen LogP) is 2.16. The number of urea groups is 1. The number of imide groups is 1. The van der Waals surface area contributed by atoms with E-state index in [0.29, 0.717) is 12.1 Å². The van der Waals surface area contributed by atoms with Crippen molar-refractivity contribution in [1.29, 1.82) is 0 Å². The Labute approximate surface area is 112 Å². The van der Waals surface area contributed by atoms with Gasteiger partial charge in [-0.1, -0.05) is 32.0 Å². The van der Waals surface area contributed by atoms with E-state index in [-0.39, 0.29) is 5.91 Å². The van der Waals surface area contributed by atoms with Crippen LogP contribution >= 0.6 is 0 Å². The number of benzene rings is 1. The monoisotopic (exact) mass is 256 g/mol. The summed E-state index contributed by atoms with van der Waals surface area (Å²) in [6.07, 6.45) is 5.74. The number of nitrogens with zero attached hydrogens (tertiary/aromatic N) is 1. The molecule has 2 rings (SSSR count). The Morgan fingerprint density at radius 2 is 1.95 bits per heavy atom. The van der Waals surface area contributed by atoms with Gasteiger partial charge in [0.15, 0.2) is 0 Å². The van der Waals surface area contributed by atoms with Gasteiger partial charge in [0.25, 0.3) is 5.91 Å². The maximum absolute atomic E-state index is 12.4. The van der Waals surface area contributed by atoms with Gasteiger partial charge in [-0.2, -0.15) is 0 Å². The van der Waals surface area contributed by atoms with E-state index < -0.39 is 17.5 Å². The molecule has 98 valence electrons. The van der Waals surface area contributed by atoms with Crippen LogP contribution in [0.1, 0.15) is 20.3 Å². The van der Waals surface area contributed by atoms with Crippen molar-refractivity contribution in [3.63, 3.8) is 0 Å². The molecule has 1 saturated heterocycles. The molecule has 0 spiro atoms. The third-order valence-electron chi connectivity index (χ3n) is 3.29. The first kappa shape index (κ1) is 13.2. The summed E-state index contributed by atoms with van der Waals surface area (Å²) in [6.45, 7) is 3.76. The third-order valence-corrected chi connectivity index (χ3v) is 3.29. The molecule has 1 aromatic carbocycles. The number of carbonyl (C=O) groups excluding carboxylic acids is 2. The van der Waals surface area contributed by atoms with Crippen LogP contribution in [0.3, 0.4) is 0 Å². The zero-order chi connectivity index (χ0) is 14.0. The summed E-state index contributed by atoms with van der Waals surface area (Å²) in [5.74, 6) is 2.30. The normalized spacial score (nSPS) is 19.2. The fourth-order valence-corrected chi connectivity index (χ4v) is 2.20. The molecule has 0 aliphatic carbocycles. The molecule has 1 heterocycles. The molecule has 1 atom stereocenters. The van der Waals surface area contributed by atoms with Crippen molar-refractivity contribution in [2.24, 2.45) is 5.41 Å². The number of hydrogen-bond acceptors (Lipinski definition) is 2. The molecule has 0 bridgehead atoms. The minimum atomic E-state index is -0.587. The van der Waals surface area contributed by atoms with Crippen LogP contribution in [0.4, 0.5) is 10.5 Å². The highest BCUT2D eigenvalue weighted by atomic mass is 16.2. The van der Waals surface area contributed by atoms with Crippen LogP contribution in [-0.4, -0.2) is 18.0 Å². The van der Waals surface area contributed by atoms with Crippen LogP contribution < -0.4 is 10.2 Å². The lowest BCUT2D eigenvalue weighted by molar-refractivity contribution is -0.120. The highest BCUT2D eigenvalue weighted by molar-refractivity contribution is 6.21. The van der Waals surface area contributed by atoms with E-state index in [1.807, 2.05) is 19.9 Å². The second-order valence-electron chi connectivity index (χ2n) is 5.26. The Morgan fingerprint density at radius 1 is 1.32 bits per heavy atom. The van der Waals surface area contributed by atoms with Gasteiger partial charge in [-0.25, -0.2) is 9.69 Å². The van der Waals surface area contributed by atoms with E-state index in [1.165, 1.54) is 4.90 Å². The van der Waals surface area contributed by atoms with Crippen LogP contribution in [0, 0.1) is 17.8 Å². The van der Waals surface area contributed by atoms with Crippen molar-refractivity contribution >= 4 is 17.6 Å². The molecule has 0 radical (unpaired) electrons. The molecule has 4 nitrogen and oxygen atoms in total. The second-order valence-corrected chi connectivity index (χ2v) is 5.26. The SMILES string of the molecule is C#CCC(C)(C)[C@H]1NC(=O)N(c2ccccc2)C1=O. The average Bonchev–Trinajstić information content (AvgIpc) is 2.67. The average molecular weight is 256 g/mol. The van der Waals surface area contributed by atoms with Crippen molar-refractivity contribution in [2.75, 3.05) is 4.90 Å². The minimum absolute atomic E-state index is 0.253. The lowest BCUT2D eigenvalue weighted by atomic mass is 9.81. The molecule has 1 aliphatic rings. The summed E-state index contributed by atoms with van der Waals surface area (Å²) >= 11 is 0. The molecule has 1 fully saturated rings. The Bertz CT molecular complexity index is 543. The van der Waals surface area contributed by atoms with Crippen molar-refractivity contribution in [2.45, 2.75) is 26.3 Å². The number of carbonyl (C=O) groups is 2. The van der Waals surface area contributed by atoms with Crippen molar-refractivity contribution < 1.29 is 9.59 Å². The standard InChI is InChI=1S/C15H16N2O2/c1-4-10-15(2,3)12-13(18)17(14(19)16-12)11-8-6-5-7-9-11/h1,5-9,12H,10H2,2-3H3,(H,16,19)/t12-/m0/s1. The summed E-state index contributed by atoms with van der Waals surface area (Å²) in [4.78, 5) is 25.6. The van der Waals surface area contributed by atoms with E-state index >= 15 is 0 Å². The molecule has 1 aromatic rings. The lowest BCUT2D eigenvalue weighted by Gasteiger charge is -2.27. The molecule has 0 aromatic heterocycles. The zero-order valence-corrected chi connectivity index (χ0v) is 11.0. The first-order valence-electron chi connectivity index (χ1n) is 6.10. The van der Waals surface area contributed by atoms with Gasteiger partial charge < -0.3 is 5.32 Å². The highest BCUT2D eigenvalue weighted by Gasteiger charge is 2.46. The van der Waals surface area contributed by atoms with Crippen LogP contribution in [0.5, 0.6) is 0 Å². The van der Waals surface area contributed by atoms with E-state index in [9.17, 15) is 9.59 Å². The Kier molecular flexibility index (Phi) is 3.30. The highest BCUT2D eigenvalue weighted by Crippen LogP contribution is 2.31. The molecule has 19 heavy (non-hydrogen) atoms. The van der Waals surface area contributed by atoms with Crippen LogP contribution in [0.25, 0.3) is 0 Å². The Balaban J connectivity index is 2.30. The second kappa shape index (κ2) is 4.77. The molecule has 0 unspecified atom stereocenters. The van der Waals surface area contributed by atoms with Gasteiger partial charge in [0.05, 0.1) is 5.69 Å². The van der Waals surface area contributed by atoms with Crippen LogP contribution in [-0.2, 0) is 4.79 Å². The topological polar surface area (TPSA) is 49.4 Å². The van der Waals surface area contributed by atoms with Gasteiger partial charge >= 0.3 is 6.03 Å². The van der Waals surface area contributed by atoms with Gasteiger partial charge in [-0.3, -0.25) is 4.79 Å². The van der Waals surface area contributed by atoms with Gasteiger partial charge in [0, 0.05) is 11.8 Å².